The summed E-state index contributed by atoms with van der Waals surface area (Å²) in [5.41, 5.74) is 3.09. The normalized spacial score (nSPS) is 14.6. The molecule has 0 bridgehead atoms. The van der Waals surface area contributed by atoms with Crippen LogP contribution in [0, 0.1) is 5.82 Å². The maximum atomic E-state index is 14.1. The van der Waals surface area contributed by atoms with Gasteiger partial charge in [0.05, 0.1) is 23.9 Å². The smallest absolute Gasteiger partial charge is 0.342 e. The maximum Gasteiger partial charge on any atom is 0.342 e. The lowest BCUT2D eigenvalue weighted by Crippen LogP contribution is -2.43. The van der Waals surface area contributed by atoms with Crippen LogP contribution in [0.25, 0.3) is 33.5 Å². The third-order valence-electron chi connectivity index (χ3n) is 6.37. The quantitative estimate of drug-likeness (QED) is 0.194. The minimum Gasteiger partial charge on any atom is -0.459 e. The van der Waals surface area contributed by atoms with E-state index < -0.39 is 14.0 Å². The lowest BCUT2D eigenvalue weighted by atomic mass is 10.1. The van der Waals surface area contributed by atoms with Crippen molar-refractivity contribution >= 4 is 36.1 Å². The molecule has 0 aliphatic carbocycles. The van der Waals surface area contributed by atoms with Crippen molar-refractivity contribution in [1.29, 1.82) is 0 Å². The second-order valence-corrected chi connectivity index (χ2v) is 16.6. The van der Waals surface area contributed by atoms with E-state index >= 15 is 0 Å². The SMILES string of the molecule is CC(C)OC(=O)c1cn(COCC[Si](C)(C)C)c2ncc(-c3nn(C4CNC4)c4cc(F)ccc34)nc12. The number of aromatic nitrogens is 5. The monoisotopic (exact) mass is 524 g/mol. The van der Waals surface area contributed by atoms with E-state index in [-0.39, 0.29) is 24.7 Å². The second-order valence-electron chi connectivity index (χ2n) is 11.0. The number of hydrogen-bond donors (Lipinski definition) is 1. The first-order valence-corrected chi connectivity index (χ1v) is 16.3. The van der Waals surface area contributed by atoms with Crippen LogP contribution in [-0.4, -0.2) is 64.2 Å². The fraction of sp³-hybridized carbons (Fsp3) is 0.462. The number of carbonyl (C=O) groups is 1. The van der Waals surface area contributed by atoms with Crippen molar-refractivity contribution in [3.05, 3.63) is 42.0 Å². The maximum absolute atomic E-state index is 14.1. The van der Waals surface area contributed by atoms with Gasteiger partial charge in [0.2, 0.25) is 0 Å². The average molecular weight is 525 g/mol. The Balaban J connectivity index is 1.56. The number of carbonyl (C=O) groups excluding carboxylic acids is 1. The van der Waals surface area contributed by atoms with Crippen LogP contribution in [0.5, 0.6) is 0 Å². The number of nitrogens with one attached hydrogen (secondary N) is 1. The molecule has 4 heterocycles. The van der Waals surface area contributed by atoms with E-state index in [2.05, 4.69) is 29.9 Å². The van der Waals surface area contributed by atoms with Gasteiger partial charge in [-0.1, -0.05) is 19.6 Å². The van der Waals surface area contributed by atoms with Crippen LogP contribution in [0.3, 0.4) is 0 Å². The number of halogens is 1. The van der Waals surface area contributed by atoms with E-state index in [0.29, 0.717) is 40.2 Å². The van der Waals surface area contributed by atoms with Gasteiger partial charge in [0, 0.05) is 39.4 Å². The summed E-state index contributed by atoms with van der Waals surface area (Å²) in [4.78, 5) is 22.5. The molecule has 1 aromatic carbocycles. The molecule has 196 valence electrons. The van der Waals surface area contributed by atoms with Crippen LogP contribution in [0.15, 0.2) is 30.6 Å². The van der Waals surface area contributed by atoms with Gasteiger partial charge in [-0.05, 0) is 38.1 Å². The molecule has 1 aliphatic heterocycles. The zero-order chi connectivity index (χ0) is 26.3. The molecule has 37 heavy (non-hydrogen) atoms. The molecular formula is C26H33FN6O3Si. The number of fused-ring (bicyclic) bond motifs is 2. The molecule has 4 aromatic rings. The van der Waals surface area contributed by atoms with Crippen molar-refractivity contribution in [1.82, 2.24) is 29.6 Å². The Morgan fingerprint density at radius 1 is 1.27 bits per heavy atom. The lowest BCUT2D eigenvalue weighted by molar-refractivity contribution is 0.0379. The van der Waals surface area contributed by atoms with Gasteiger partial charge in [-0.15, -0.1) is 0 Å². The summed E-state index contributed by atoms with van der Waals surface area (Å²) >= 11 is 0. The van der Waals surface area contributed by atoms with Crippen molar-refractivity contribution < 1.29 is 18.7 Å². The van der Waals surface area contributed by atoms with Crippen molar-refractivity contribution in [2.45, 2.75) is 58.4 Å². The fourth-order valence-electron chi connectivity index (χ4n) is 4.26. The molecule has 5 rings (SSSR count). The molecule has 1 saturated heterocycles. The van der Waals surface area contributed by atoms with Gasteiger partial charge in [0.1, 0.15) is 35.0 Å². The van der Waals surface area contributed by atoms with E-state index in [9.17, 15) is 9.18 Å². The molecule has 9 nitrogen and oxygen atoms in total. The van der Waals surface area contributed by atoms with Gasteiger partial charge >= 0.3 is 5.97 Å². The van der Waals surface area contributed by atoms with Crippen molar-refractivity contribution in [3.8, 4) is 11.4 Å². The van der Waals surface area contributed by atoms with Crippen LogP contribution < -0.4 is 5.32 Å². The number of rotatable bonds is 9. The van der Waals surface area contributed by atoms with Gasteiger partial charge < -0.3 is 19.4 Å². The summed E-state index contributed by atoms with van der Waals surface area (Å²) < 4.78 is 29.2. The Morgan fingerprint density at radius 2 is 2.05 bits per heavy atom. The zero-order valence-electron chi connectivity index (χ0n) is 21.9. The number of benzene rings is 1. The van der Waals surface area contributed by atoms with Gasteiger partial charge in [-0.3, -0.25) is 4.68 Å². The highest BCUT2D eigenvalue weighted by molar-refractivity contribution is 6.76. The molecular weight excluding hydrogens is 491 g/mol. The number of esters is 1. The first kappa shape index (κ1) is 25.5. The van der Waals surface area contributed by atoms with Crippen molar-refractivity contribution in [2.75, 3.05) is 19.7 Å². The molecule has 0 amide bonds. The predicted molar refractivity (Wildman–Crippen MR) is 143 cm³/mol. The van der Waals surface area contributed by atoms with Crippen LogP contribution in [0.1, 0.15) is 30.2 Å². The van der Waals surface area contributed by atoms with E-state index in [0.717, 1.165) is 24.5 Å². The third-order valence-corrected chi connectivity index (χ3v) is 8.08. The third kappa shape index (κ3) is 5.29. The van der Waals surface area contributed by atoms with E-state index in [4.69, 9.17) is 19.6 Å². The first-order valence-electron chi connectivity index (χ1n) is 12.6. The van der Waals surface area contributed by atoms with E-state index in [1.807, 2.05) is 4.68 Å². The molecule has 0 radical (unpaired) electrons. The Morgan fingerprint density at radius 3 is 2.73 bits per heavy atom. The van der Waals surface area contributed by atoms with E-state index in [1.165, 1.54) is 12.1 Å². The molecule has 1 fully saturated rings. The Hall–Kier alpha value is -3.15. The van der Waals surface area contributed by atoms with Gasteiger partial charge in [0.15, 0.2) is 5.65 Å². The Bertz CT molecular complexity index is 1450. The summed E-state index contributed by atoms with van der Waals surface area (Å²) in [6.45, 7) is 13.0. The van der Waals surface area contributed by atoms with Gasteiger partial charge in [0.25, 0.3) is 0 Å². The van der Waals surface area contributed by atoms with Crippen molar-refractivity contribution in [3.63, 3.8) is 0 Å². The second kappa shape index (κ2) is 9.96. The first-order chi connectivity index (χ1) is 17.6. The molecule has 11 heteroatoms. The number of nitrogens with zero attached hydrogens (tertiary/aromatic N) is 5. The van der Waals surface area contributed by atoms with E-state index in [1.54, 1.807) is 36.9 Å². The highest BCUT2D eigenvalue weighted by atomic mass is 28.3. The Kier molecular flexibility index (Phi) is 6.86. The van der Waals surface area contributed by atoms with Gasteiger partial charge in [-0.25, -0.2) is 19.2 Å². The lowest BCUT2D eigenvalue weighted by Gasteiger charge is -2.27. The minimum absolute atomic E-state index is 0.140. The molecule has 0 spiro atoms. The predicted octanol–water partition coefficient (Wildman–Crippen LogP) is 4.61. The zero-order valence-corrected chi connectivity index (χ0v) is 22.9. The summed E-state index contributed by atoms with van der Waals surface area (Å²) in [5, 5.41) is 8.82. The number of hydrogen-bond acceptors (Lipinski definition) is 7. The molecule has 1 aliphatic rings. The van der Waals surface area contributed by atoms with Crippen LogP contribution in [-0.2, 0) is 16.2 Å². The molecule has 0 unspecified atom stereocenters. The summed E-state index contributed by atoms with van der Waals surface area (Å²) in [5.74, 6) is -0.788. The Labute approximate surface area is 216 Å². The molecule has 0 saturated carbocycles. The highest BCUT2D eigenvalue weighted by Crippen LogP contribution is 2.31. The minimum atomic E-state index is -1.23. The standard InChI is InChI=1S/C26H33FN6O3Si/c1-16(2)36-26(34)20-14-32(15-35-8-9-37(3,4)5)25-24(20)30-21(13-29-25)23-19-7-6-17(27)10-22(19)33(31-23)18-11-28-12-18/h6-7,10,13-14,16,18,28H,8-9,11-12,15H2,1-5H3. The summed E-state index contributed by atoms with van der Waals surface area (Å²) in [6, 6.07) is 5.81. The molecule has 0 atom stereocenters. The fourth-order valence-corrected chi connectivity index (χ4v) is 5.01. The highest BCUT2D eigenvalue weighted by Gasteiger charge is 2.26. The largest absolute Gasteiger partial charge is 0.459 e. The number of ether oxygens (including phenoxy) is 2. The van der Waals surface area contributed by atoms with Gasteiger partial charge in [-0.2, -0.15) is 5.10 Å². The summed E-state index contributed by atoms with van der Waals surface area (Å²) in [7, 11) is -1.23. The molecule has 3 aromatic heterocycles. The average Bonchev–Trinajstić information content (AvgIpc) is 3.33. The van der Waals surface area contributed by atoms with Crippen LogP contribution in [0.2, 0.25) is 25.7 Å². The van der Waals surface area contributed by atoms with Crippen LogP contribution in [0.4, 0.5) is 4.39 Å². The summed E-state index contributed by atoms with van der Waals surface area (Å²) in [6.07, 6.45) is 3.06. The van der Waals surface area contributed by atoms with Crippen molar-refractivity contribution in [2.24, 2.45) is 0 Å². The molecule has 1 N–H and O–H groups in total. The topological polar surface area (TPSA) is 96.1 Å². The van der Waals surface area contributed by atoms with Crippen LogP contribution >= 0.6 is 0 Å².